The molecule has 1 aliphatic heterocycles. The lowest BCUT2D eigenvalue weighted by Gasteiger charge is -2.11. The first-order chi connectivity index (χ1) is 13.1. The molecule has 4 rings (SSSR count). The lowest BCUT2D eigenvalue weighted by molar-refractivity contribution is -0.136. The van der Waals surface area contributed by atoms with Crippen molar-refractivity contribution in [2.45, 2.75) is 12.8 Å². The monoisotopic (exact) mass is 422 g/mol. The Bertz CT molecular complexity index is 986. The molecule has 2 heterocycles. The van der Waals surface area contributed by atoms with Gasteiger partial charge in [-0.3, -0.25) is 0 Å². The summed E-state index contributed by atoms with van der Waals surface area (Å²) in [7, 11) is 0. The fraction of sp³-hybridized carbons (Fsp3) is 0.263. The number of fused-ring (bicyclic) bond motifs is 1. The summed E-state index contributed by atoms with van der Waals surface area (Å²) in [6, 6.07) is 10.2. The Morgan fingerprint density at radius 2 is 1.96 bits per heavy atom. The molecule has 0 spiro atoms. The van der Waals surface area contributed by atoms with Gasteiger partial charge in [0.05, 0.1) is 15.2 Å². The minimum Gasteiger partial charge on any atom is -0.480 e. The number of halogens is 2. The standard InChI is InChI=1S/C19H16Cl2N2O3S/c20-12-3-6-16(14(21)9-12)25-11-18(24)26-13-4-5-15-17(10-13)27-19(22-15)23-7-1-2-8-23/h3-6,9-10H,1-2,7-8,11H2. The highest BCUT2D eigenvalue weighted by Crippen LogP contribution is 2.33. The Kier molecular flexibility index (Phi) is 5.38. The van der Waals surface area contributed by atoms with Crippen molar-refractivity contribution < 1.29 is 14.3 Å². The molecule has 1 aliphatic rings. The molecular formula is C19H16Cl2N2O3S. The van der Waals surface area contributed by atoms with Crippen LogP contribution < -0.4 is 14.4 Å². The van der Waals surface area contributed by atoms with Crippen molar-refractivity contribution in [2.24, 2.45) is 0 Å². The molecular weight excluding hydrogens is 407 g/mol. The van der Waals surface area contributed by atoms with Crippen molar-refractivity contribution in [1.29, 1.82) is 0 Å². The number of hydrogen-bond acceptors (Lipinski definition) is 6. The van der Waals surface area contributed by atoms with Crippen molar-refractivity contribution in [3.05, 3.63) is 46.4 Å². The Morgan fingerprint density at radius 3 is 2.74 bits per heavy atom. The third-order valence-electron chi connectivity index (χ3n) is 4.20. The summed E-state index contributed by atoms with van der Waals surface area (Å²) in [5.41, 5.74) is 0.908. The van der Waals surface area contributed by atoms with E-state index in [1.807, 2.05) is 12.1 Å². The average Bonchev–Trinajstić information content (AvgIpc) is 3.30. The van der Waals surface area contributed by atoms with Gasteiger partial charge in [0.1, 0.15) is 11.5 Å². The number of hydrogen-bond donors (Lipinski definition) is 0. The van der Waals surface area contributed by atoms with E-state index in [-0.39, 0.29) is 6.61 Å². The summed E-state index contributed by atoms with van der Waals surface area (Å²) < 4.78 is 11.8. The molecule has 0 bridgehead atoms. The highest BCUT2D eigenvalue weighted by Gasteiger charge is 2.17. The summed E-state index contributed by atoms with van der Waals surface area (Å²) in [5.74, 6) is 0.339. The normalized spacial score (nSPS) is 13.9. The number of carbonyl (C=O) groups excluding carboxylic acids is 1. The number of thiazole rings is 1. The van der Waals surface area contributed by atoms with E-state index in [0.717, 1.165) is 28.4 Å². The average molecular weight is 423 g/mol. The molecule has 3 aromatic rings. The SMILES string of the molecule is O=C(COc1ccc(Cl)cc1Cl)Oc1ccc2nc(N3CCCC3)sc2c1. The molecule has 0 saturated carbocycles. The number of carbonyl (C=O) groups is 1. The fourth-order valence-electron chi connectivity index (χ4n) is 2.89. The molecule has 0 N–H and O–H groups in total. The number of esters is 1. The maximum atomic E-state index is 12.1. The van der Waals surface area contributed by atoms with E-state index < -0.39 is 5.97 Å². The third-order valence-corrected chi connectivity index (χ3v) is 5.81. The molecule has 27 heavy (non-hydrogen) atoms. The van der Waals surface area contributed by atoms with Gasteiger partial charge in [0.25, 0.3) is 0 Å². The molecule has 1 saturated heterocycles. The van der Waals surface area contributed by atoms with E-state index in [4.69, 9.17) is 32.7 Å². The molecule has 8 heteroatoms. The summed E-state index contributed by atoms with van der Waals surface area (Å²) in [6.45, 7) is 1.85. The molecule has 140 valence electrons. The van der Waals surface area contributed by atoms with Crippen LogP contribution in [0.25, 0.3) is 10.2 Å². The predicted molar refractivity (Wildman–Crippen MR) is 109 cm³/mol. The van der Waals surface area contributed by atoms with Crippen LogP contribution in [0.2, 0.25) is 10.0 Å². The van der Waals surface area contributed by atoms with Crippen LogP contribution in [0, 0.1) is 0 Å². The van der Waals surface area contributed by atoms with Gasteiger partial charge in [0.2, 0.25) is 0 Å². The van der Waals surface area contributed by atoms with E-state index in [2.05, 4.69) is 9.88 Å². The van der Waals surface area contributed by atoms with E-state index >= 15 is 0 Å². The molecule has 0 radical (unpaired) electrons. The van der Waals surface area contributed by atoms with Crippen LogP contribution >= 0.6 is 34.5 Å². The number of anilines is 1. The second-order valence-electron chi connectivity index (χ2n) is 6.16. The zero-order valence-electron chi connectivity index (χ0n) is 14.3. The van der Waals surface area contributed by atoms with E-state index in [1.165, 1.54) is 12.8 Å². The zero-order valence-corrected chi connectivity index (χ0v) is 16.6. The van der Waals surface area contributed by atoms with Gasteiger partial charge < -0.3 is 14.4 Å². The van der Waals surface area contributed by atoms with Crippen molar-refractivity contribution in [1.82, 2.24) is 4.98 Å². The molecule has 5 nitrogen and oxygen atoms in total. The summed E-state index contributed by atoms with van der Waals surface area (Å²) in [5, 5.41) is 1.86. The van der Waals surface area contributed by atoms with Crippen molar-refractivity contribution >= 4 is 55.9 Å². The minimum absolute atomic E-state index is 0.249. The van der Waals surface area contributed by atoms with Gasteiger partial charge in [0.15, 0.2) is 11.7 Å². The van der Waals surface area contributed by atoms with Gasteiger partial charge in [-0.25, -0.2) is 9.78 Å². The maximum absolute atomic E-state index is 12.1. The van der Waals surface area contributed by atoms with Crippen LogP contribution in [0.1, 0.15) is 12.8 Å². The molecule has 0 unspecified atom stereocenters. The summed E-state index contributed by atoms with van der Waals surface area (Å²) in [6.07, 6.45) is 2.41. The third kappa shape index (κ3) is 4.29. The first-order valence-corrected chi connectivity index (χ1v) is 10.1. The lowest BCUT2D eigenvalue weighted by Crippen LogP contribution is -2.17. The van der Waals surface area contributed by atoms with Gasteiger partial charge in [-0.15, -0.1) is 0 Å². The van der Waals surface area contributed by atoms with E-state index in [9.17, 15) is 4.79 Å². The quantitative estimate of drug-likeness (QED) is 0.418. The maximum Gasteiger partial charge on any atom is 0.349 e. The Hall–Kier alpha value is -2.02. The number of aromatic nitrogens is 1. The lowest BCUT2D eigenvalue weighted by atomic mass is 10.3. The molecule has 1 aromatic heterocycles. The van der Waals surface area contributed by atoms with Crippen molar-refractivity contribution in [2.75, 3.05) is 24.6 Å². The van der Waals surface area contributed by atoms with Crippen molar-refractivity contribution in [3.63, 3.8) is 0 Å². The Labute approximate surface area is 170 Å². The topological polar surface area (TPSA) is 51.7 Å². The first kappa shape index (κ1) is 18.3. The Morgan fingerprint density at radius 1 is 1.15 bits per heavy atom. The molecule has 1 fully saturated rings. The molecule has 0 amide bonds. The number of benzene rings is 2. The largest absolute Gasteiger partial charge is 0.480 e. The second kappa shape index (κ2) is 7.92. The number of rotatable bonds is 5. The predicted octanol–water partition coefficient (Wildman–Crippen LogP) is 5.19. The smallest absolute Gasteiger partial charge is 0.349 e. The first-order valence-electron chi connectivity index (χ1n) is 8.52. The number of ether oxygens (including phenoxy) is 2. The van der Waals surface area contributed by atoms with Gasteiger partial charge in [-0.2, -0.15) is 0 Å². The Balaban J connectivity index is 1.40. The second-order valence-corrected chi connectivity index (χ2v) is 8.01. The summed E-state index contributed by atoms with van der Waals surface area (Å²) >= 11 is 13.5. The van der Waals surface area contributed by atoms with Gasteiger partial charge in [-0.1, -0.05) is 34.5 Å². The summed E-state index contributed by atoms with van der Waals surface area (Å²) in [4.78, 5) is 19.0. The van der Waals surface area contributed by atoms with Gasteiger partial charge in [-0.05, 0) is 43.2 Å². The van der Waals surface area contributed by atoms with Crippen molar-refractivity contribution in [3.8, 4) is 11.5 Å². The van der Waals surface area contributed by atoms with E-state index in [0.29, 0.717) is 21.5 Å². The highest BCUT2D eigenvalue weighted by molar-refractivity contribution is 7.22. The van der Waals surface area contributed by atoms with Crippen LogP contribution in [0.3, 0.4) is 0 Å². The van der Waals surface area contributed by atoms with Crippen LogP contribution in [-0.4, -0.2) is 30.6 Å². The number of nitrogens with zero attached hydrogens (tertiary/aromatic N) is 2. The van der Waals surface area contributed by atoms with Crippen LogP contribution in [0.5, 0.6) is 11.5 Å². The van der Waals surface area contributed by atoms with E-state index in [1.54, 1.807) is 35.6 Å². The zero-order chi connectivity index (χ0) is 18.8. The highest BCUT2D eigenvalue weighted by atomic mass is 35.5. The van der Waals surface area contributed by atoms with Crippen LogP contribution in [0.4, 0.5) is 5.13 Å². The van der Waals surface area contributed by atoms with Gasteiger partial charge >= 0.3 is 5.97 Å². The van der Waals surface area contributed by atoms with Crippen LogP contribution in [-0.2, 0) is 4.79 Å². The molecule has 0 atom stereocenters. The minimum atomic E-state index is -0.510. The van der Waals surface area contributed by atoms with Gasteiger partial charge in [0, 0.05) is 24.2 Å². The molecule has 2 aromatic carbocycles. The molecule has 0 aliphatic carbocycles. The van der Waals surface area contributed by atoms with Crippen LogP contribution in [0.15, 0.2) is 36.4 Å². The fourth-order valence-corrected chi connectivity index (χ4v) is 4.40.